The van der Waals surface area contributed by atoms with Gasteiger partial charge in [0.15, 0.2) is 5.13 Å². The average molecular weight is 490 g/mol. The van der Waals surface area contributed by atoms with E-state index < -0.39 is 0 Å². The second-order valence-electron chi connectivity index (χ2n) is 7.46. The summed E-state index contributed by atoms with van der Waals surface area (Å²) in [5, 5.41) is 1.61. The second kappa shape index (κ2) is 9.06. The molecule has 0 unspecified atom stereocenters. The third kappa shape index (κ3) is 5.13. The first-order valence-electron chi connectivity index (χ1n) is 9.82. The molecule has 0 atom stereocenters. The van der Waals surface area contributed by atoms with Gasteiger partial charge in [-0.1, -0.05) is 53.2 Å². The smallest absolute Gasteiger partial charge is 0.227 e. The van der Waals surface area contributed by atoms with Gasteiger partial charge in [0.1, 0.15) is 0 Å². The van der Waals surface area contributed by atoms with Crippen LogP contribution in [0.2, 0.25) is 0 Å². The maximum atomic E-state index is 12.7. The normalized spacial score (nSPS) is 14.8. The molecule has 1 aromatic heterocycles. The number of nitrogens with zero attached hydrogens (tertiary/aromatic N) is 3. The molecule has 1 aliphatic heterocycles. The van der Waals surface area contributed by atoms with Gasteiger partial charge in [0, 0.05) is 40.8 Å². The van der Waals surface area contributed by atoms with Crippen molar-refractivity contribution in [1.29, 1.82) is 0 Å². The Labute approximate surface area is 188 Å². The van der Waals surface area contributed by atoms with Crippen molar-refractivity contribution in [3.8, 4) is 0 Å². The van der Waals surface area contributed by atoms with Crippen LogP contribution in [-0.2, 0) is 11.2 Å². The molecule has 3 aromatic rings. The number of benzene rings is 2. The molecule has 0 saturated carbocycles. The summed E-state index contributed by atoms with van der Waals surface area (Å²) in [6.45, 7) is 7.54. The zero-order valence-electron chi connectivity index (χ0n) is 16.6. The third-order valence-corrected chi connectivity index (χ3v) is 7.48. The molecular formula is C22H24BrN3OS2. The molecule has 0 bridgehead atoms. The number of fused-ring (bicyclic) bond motifs is 1. The number of amides is 1. The SMILES string of the molecule is CC(C)Sc1ccc(CC(=O)N2CCN(c3nc4ccc(Br)cc4s3)CC2)cc1. The minimum atomic E-state index is 0.210. The molecule has 1 saturated heterocycles. The summed E-state index contributed by atoms with van der Waals surface area (Å²) in [7, 11) is 0. The van der Waals surface area contributed by atoms with Crippen molar-refractivity contribution < 1.29 is 4.79 Å². The number of anilines is 1. The first kappa shape index (κ1) is 20.7. The number of thiazole rings is 1. The van der Waals surface area contributed by atoms with E-state index in [-0.39, 0.29) is 5.91 Å². The Kier molecular flexibility index (Phi) is 6.47. The number of hydrogen-bond acceptors (Lipinski definition) is 5. The molecule has 152 valence electrons. The molecule has 0 N–H and O–H groups in total. The molecule has 29 heavy (non-hydrogen) atoms. The Balaban J connectivity index is 1.33. The Morgan fingerprint density at radius 2 is 1.86 bits per heavy atom. The summed E-state index contributed by atoms with van der Waals surface area (Å²) >= 11 is 7.08. The number of thioether (sulfide) groups is 1. The van der Waals surface area contributed by atoms with Gasteiger partial charge in [0.2, 0.25) is 5.91 Å². The van der Waals surface area contributed by atoms with Crippen LogP contribution in [0.25, 0.3) is 10.2 Å². The van der Waals surface area contributed by atoms with Gasteiger partial charge in [0.05, 0.1) is 16.6 Å². The Bertz CT molecular complexity index is 995. The van der Waals surface area contributed by atoms with Crippen LogP contribution in [0.15, 0.2) is 51.8 Å². The van der Waals surface area contributed by atoms with Crippen LogP contribution in [0.5, 0.6) is 0 Å². The second-order valence-corrected chi connectivity index (χ2v) is 11.0. The Morgan fingerprint density at radius 1 is 1.14 bits per heavy atom. The molecule has 4 nitrogen and oxygen atoms in total. The molecule has 4 rings (SSSR count). The number of aromatic nitrogens is 1. The fourth-order valence-electron chi connectivity index (χ4n) is 3.41. The van der Waals surface area contributed by atoms with Crippen molar-refractivity contribution in [2.75, 3.05) is 31.1 Å². The van der Waals surface area contributed by atoms with E-state index in [2.05, 4.69) is 65.0 Å². The minimum absolute atomic E-state index is 0.210. The number of rotatable bonds is 5. The number of carbonyl (C=O) groups excluding carboxylic acids is 1. The predicted molar refractivity (Wildman–Crippen MR) is 127 cm³/mol. The lowest BCUT2D eigenvalue weighted by molar-refractivity contribution is -0.130. The highest BCUT2D eigenvalue weighted by atomic mass is 79.9. The van der Waals surface area contributed by atoms with Gasteiger partial charge >= 0.3 is 0 Å². The van der Waals surface area contributed by atoms with Crippen LogP contribution in [0.3, 0.4) is 0 Å². The van der Waals surface area contributed by atoms with Crippen LogP contribution in [0.1, 0.15) is 19.4 Å². The van der Waals surface area contributed by atoms with Gasteiger partial charge in [-0.05, 0) is 35.9 Å². The molecule has 0 spiro atoms. The van der Waals surface area contributed by atoms with E-state index in [0.29, 0.717) is 11.7 Å². The largest absolute Gasteiger partial charge is 0.345 e. The monoisotopic (exact) mass is 489 g/mol. The quantitative estimate of drug-likeness (QED) is 0.446. The van der Waals surface area contributed by atoms with E-state index >= 15 is 0 Å². The topological polar surface area (TPSA) is 36.4 Å². The van der Waals surface area contributed by atoms with E-state index in [4.69, 9.17) is 4.98 Å². The van der Waals surface area contributed by atoms with Crippen LogP contribution >= 0.6 is 39.0 Å². The van der Waals surface area contributed by atoms with Crippen molar-refractivity contribution in [2.45, 2.75) is 30.4 Å². The summed E-state index contributed by atoms with van der Waals surface area (Å²) in [4.78, 5) is 23.0. The maximum absolute atomic E-state index is 12.7. The van der Waals surface area contributed by atoms with Gasteiger partial charge < -0.3 is 9.80 Å². The summed E-state index contributed by atoms with van der Waals surface area (Å²) in [5.74, 6) is 0.210. The first-order chi connectivity index (χ1) is 14.0. The average Bonchev–Trinajstić information content (AvgIpc) is 3.12. The maximum Gasteiger partial charge on any atom is 0.227 e. The standard InChI is InChI=1S/C22H24BrN3OS2/c1-15(2)28-18-6-3-16(4-7-18)13-21(27)25-9-11-26(12-10-25)22-24-19-8-5-17(23)14-20(19)29-22/h3-8,14-15H,9-13H2,1-2H3. The van der Waals surface area contributed by atoms with Crippen molar-refractivity contribution in [1.82, 2.24) is 9.88 Å². The van der Waals surface area contributed by atoms with E-state index in [9.17, 15) is 4.79 Å². The van der Waals surface area contributed by atoms with Crippen LogP contribution in [0, 0.1) is 0 Å². The number of piperazine rings is 1. The molecule has 0 aliphatic carbocycles. The Morgan fingerprint density at radius 3 is 2.55 bits per heavy atom. The summed E-state index contributed by atoms with van der Waals surface area (Å²) in [6.07, 6.45) is 0.474. The number of carbonyl (C=O) groups is 1. The van der Waals surface area contributed by atoms with Gasteiger partial charge in [-0.3, -0.25) is 4.79 Å². The number of hydrogen-bond donors (Lipinski definition) is 0. The molecule has 1 aliphatic rings. The molecule has 7 heteroatoms. The van der Waals surface area contributed by atoms with E-state index in [1.54, 1.807) is 11.3 Å². The van der Waals surface area contributed by atoms with Crippen LogP contribution < -0.4 is 4.90 Å². The van der Waals surface area contributed by atoms with Gasteiger partial charge in [-0.2, -0.15) is 0 Å². The van der Waals surface area contributed by atoms with E-state index in [0.717, 1.165) is 46.9 Å². The molecule has 0 radical (unpaired) electrons. The van der Waals surface area contributed by atoms with Crippen molar-refractivity contribution in [3.63, 3.8) is 0 Å². The van der Waals surface area contributed by atoms with Crippen LogP contribution in [-0.4, -0.2) is 47.2 Å². The third-order valence-electron chi connectivity index (χ3n) is 4.89. The predicted octanol–water partition coefficient (Wildman–Crippen LogP) is 5.45. The van der Waals surface area contributed by atoms with Gasteiger partial charge in [0.25, 0.3) is 0 Å². The zero-order valence-corrected chi connectivity index (χ0v) is 19.8. The van der Waals surface area contributed by atoms with Gasteiger partial charge in [-0.25, -0.2) is 4.98 Å². The van der Waals surface area contributed by atoms with Crippen molar-refractivity contribution >= 4 is 60.3 Å². The highest BCUT2D eigenvalue weighted by molar-refractivity contribution is 9.10. The van der Waals surface area contributed by atoms with Gasteiger partial charge in [-0.15, -0.1) is 11.8 Å². The minimum Gasteiger partial charge on any atom is -0.345 e. The highest BCUT2D eigenvalue weighted by Crippen LogP contribution is 2.31. The first-order valence-corrected chi connectivity index (χ1v) is 12.3. The Hall–Kier alpha value is -1.57. The van der Waals surface area contributed by atoms with E-state index in [1.165, 1.54) is 9.60 Å². The fourth-order valence-corrected chi connectivity index (χ4v) is 5.82. The van der Waals surface area contributed by atoms with Crippen molar-refractivity contribution in [3.05, 3.63) is 52.5 Å². The molecule has 1 fully saturated rings. The lowest BCUT2D eigenvalue weighted by Gasteiger charge is -2.34. The zero-order chi connectivity index (χ0) is 20.4. The summed E-state index contributed by atoms with van der Waals surface area (Å²) in [6, 6.07) is 14.6. The molecule has 2 aromatic carbocycles. The highest BCUT2D eigenvalue weighted by Gasteiger charge is 2.23. The lowest BCUT2D eigenvalue weighted by atomic mass is 10.1. The molecule has 1 amide bonds. The van der Waals surface area contributed by atoms with Crippen molar-refractivity contribution in [2.24, 2.45) is 0 Å². The lowest BCUT2D eigenvalue weighted by Crippen LogP contribution is -2.49. The summed E-state index contributed by atoms with van der Waals surface area (Å²) in [5.41, 5.74) is 2.12. The van der Waals surface area contributed by atoms with Crippen LogP contribution in [0.4, 0.5) is 5.13 Å². The molecular weight excluding hydrogens is 466 g/mol. The fraction of sp³-hybridized carbons (Fsp3) is 0.364. The summed E-state index contributed by atoms with van der Waals surface area (Å²) < 4.78 is 2.26. The molecule has 2 heterocycles. The van der Waals surface area contributed by atoms with E-state index in [1.807, 2.05) is 28.8 Å². The number of halogens is 1.